The minimum atomic E-state index is -0.851. The van der Waals surface area contributed by atoms with Crippen LogP contribution in [0.3, 0.4) is 0 Å². The number of hydrogen-bond donors (Lipinski definition) is 3. The first-order chi connectivity index (χ1) is 9.79. The minimum absolute atomic E-state index is 0.0583. The second-order valence-corrected chi connectivity index (χ2v) is 5.21. The predicted molar refractivity (Wildman–Crippen MR) is 78.9 cm³/mol. The molecule has 0 spiro atoms. The van der Waals surface area contributed by atoms with Crippen LogP contribution in [0.4, 0.5) is 17.3 Å². The predicted octanol–water partition coefficient (Wildman–Crippen LogP) is 1.13. The summed E-state index contributed by atoms with van der Waals surface area (Å²) in [4.78, 5) is 29.7. The van der Waals surface area contributed by atoms with Gasteiger partial charge in [-0.3, -0.25) is 14.9 Å². The van der Waals surface area contributed by atoms with Gasteiger partial charge in [0.15, 0.2) is 0 Å². The fourth-order valence-corrected chi connectivity index (χ4v) is 1.45. The number of aromatic nitrogens is 2. The topological polar surface area (TPSA) is 136 Å². The largest absolute Gasteiger partial charge is 0.369 e. The first kappa shape index (κ1) is 16.6. The molecule has 0 atom stereocenters. The van der Waals surface area contributed by atoms with E-state index in [1.165, 1.54) is 6.33 Å². The summed E-state index contributed by atoms with van der Waals surface area (Å²) in [6.07, 6.45) is 2.03. The van der Waals surface area contributed by atoms with Crippen LogP contribution in [0, 0.1) is 15.5 Å². The number of hydrogen-bond acceptors (Lipinski definition) is 7. The molecule has 9 heteroatoms. The molecule has 0 unspecified atom stereocenters. The van der Waals surface area contributed by atoms with Gasteiger partial charge in [0.05, 0.1) is 10.3 Å². The molecule has 21 heavy (non-hydrogen) atoms. The monoisotopic (exact) mass is 296 g/mol. The van der Waals surface area contributed by atoms with Crippen LogP contribution >= 0.6 is 0 Å². The molecule has 1 amide bonds. The number of carbonyl (C=O) groups excluding carboxylic acids is 1. The van der Waals surface area contributed by atoms with Gasteiger partial charge in [0, 0.05) is 13.1 Å². The zero-order valence-electron chi connectivity index (χ0n) is 12.3. The van der Waals surface area contributed by atoms with Gasteiger partial charge in [-0.2, -0.15) is 0 Å². The molecule has 0 aromatic carbocycles. The Bertz CT molecular complexity index is 532. The highest BCUT2D eigenvalue weighted by atomic mass is 16.6. The summed E-state index contributed by atoms with van der Waals surface area (Å²) in [5.74, 6) is -0.296. The van der Waals surface area contributed by atoms with Gasteiger partial charge in [0.25, 0.3) is 0 Å². The Labute approximate surface area is 122 Å². The number of rotatable bonds is 8. The quantitative estimate of drug-likeness (QED) is 0.483. The molecule has 0 radical (unpaired) electrons. The molecule has 9 nitrogen and oxygen atoms in total. The summed E-state index contributed by atoms with van der Waals surface area (Å²) in [6, 6.07) is 0. The highest BCUT2D eigenvalue weighted by Crippen LogP contribution is 2.29. The van der Waals surface area contributed by atoms with Crippen LogP contribution in [-0.2, 0) is 4.79 Å². The average Bonchev–Trinajstić information content (AvgIpc) is 2.42. The van der Waals surface area contributed by atoms with Gasteiger partial charge < -0.3 is 16.4 Å². The lowest BCUT2D eigenvalue weighted by Crippen LogP contribution is -2.37. The van der Waals surface area contributed by atoms with Crippen molar-refractivity contribution in [3.8, 4) is 0 Å². The van der Waals surface area contributed by atoms with E-state index in [2.05, 4.69) is 20.6 Å². The van der Waals surface area contributed by atoms with E-state index in [1.54, 1.807) is 13.8 Å². The molecule has 0 aliphatic rings. The molecule has 0 saturated carbocycles. The molecule has 0 aliphatic heterocycles. The third-order valence-corrected chi connectivity index (χ3v) is 2.91. The Morgan fingerprint density at radius 1 is 1.38 bits per heavy atom. The molecule has 0 aliphatic carbocycles. The number of primary amides is 1. The van der Waals surface area contributed by atoms with Crippen molar-refractivity contribution in [3.63, 3.8) is 0 Å². The number of anilines is 2. The first-order valence-corrected chi connectivity index (χ1v) is 6.56. The van der Waals surface area contributed by atoms with Crippen LogP contribution in [0.2, 0.25) is 0 Å². The van der Waals surface area contributed by atoms with E-state index >= 15 is 0 Å². The molecule has 0 bridgehead atoms. The molecule has 1 aromatic rings. The second kappa shape index (κ2) is 6.82. The Morgan fingerprint density at radius 2 is 1.95 bits per heavy atom. The van der Waals surface area contributed by atoms with Crippen LogP contribution in [-0.4, -0.2) is 33.9 Å². The van der Waals surface area contributed by atoms with E-state index in [4.69, 9.17) is 5.73 Å². The number of carbonyl (C=O) groups is 1. The molecule has 4 N–H and O–H groups in total. The van der Waals surface area contributed by atoms with Crippen molar-refractivity contribution in [3.05, 3.63) is 16.4 Å². The molecule has 0 fully saturated rings. The lowest BCUT2D eigenvalue weighted by atomic mass is 9.93. The van der Waals surface area contributed by atoms with Gasteiger partial charge in [-0.15, -0.1) is 0 Å². The van der Waals surface area contributed by atoms with E-state index < -0.39 is 16.2 Å². The number of amides is 1. The summed E-state index contributed by atoms with van der Waals surface area (Å²) >= 11 is 0. The van der Waals surface area contributed by atoms with E-state index in [0.717, 1.165) is 6.42 Å². The average molecular weight is 296 g/mol. The standard InChI is InChI=1S/C12H20N6O3/c1-4-5-14-9-8(18(20)21)10(17-7-16-9)15-6-12(2,3)11(13)19/h7H,4-6H2,1-3H3,(H2,13,19)(H2,14,15,16,17). The highest BCUT2D eigenvalue weighted by Gasteiger charge is 2.28. The summed E-state index contributed by atoms with van der Waals surface area (Å²) in [7, 11) is 0. The molecule has 116 valence electrons. The number of nitrogens with one attached hydrogen (secondary N) is 2. The fraction of sp³-hybridized carbons (Fsp3) is 0.583. The van der Waals surface area contributed by atoms with E-state index in [0.29, 0.717) is 6.54 Å². The zero-order chi connectivity index (χ0) is 16.0. The lowest BCUT2D eigenvalue weighted by molar-refractivity contribution is -0.383. The van der Waals surface area contributed by atoms with Crippen LogP contribution in [0.15, 0.2) is 6.33 Å². The molecule has 1 rings (SSSR count). The molecular formula is C12H20N6O3. The van der Waals surface area contributed by atoms with Crippen LogP contribution < -0.4 is 16.4 Å². The third kappa shape index (κ3) is 4.26. The number of nitrogens with zero attached hydrogens (tertiary/aromatic N) is 3. The smallest absolute Gasteiger partial charge is 0.353 e. The van der Waals surface area contributed by atoms with Crippen molar-refractivity contribution in [2.75, 3.05) is 23.7 Å². The van der Waals surface area contributed by atoms with E-state index in [-0.39, 0.29) is 23.9 Å². The first-order valence-electron chi connectivity index (χ1n) is 6.56. The molecular weight excluding hydrogens is 276 g/mol. The molecule has 1 aromatic heterocycles. The minimum Gasteiger partial charge on any atom is -0.369 e. The Kier molecular flexibility index (Phi) is 5.39. The van der Waals surface area contributed by atoms with Crippen molar-refractivity contribution in [2.45, 2.75) is 27.2 Å². The summed E-state index contributed by atoms with van der Waals surface area (Å²) in [6.45, 7) is 5.92. The van der Waals surface area contributed by atoms with Gasteiger partial charge in [-0.1, -0.05) is 6.92 Å². The van der Waals surface area contributed by atoms with Crippen molar-refractivity contribution >= 4 is 23.2 Å². The van der Waals surface area contributed by atoms with Gasteiger partial charge >= 0.3 is 5.69 Å². The maximum Gasteiger partial charge on any atom is 0.353 e. The maximum absolute atomic E-state index is 11.3. The van der Waals surface area contributed by atoms with E-state index in [1.807, 2.05) is 6.92 Å². The Hall–Kier alpha value is -2.45. The Balaban J connectivity index is 3.01. The SMILES string of the molecule is CCCNc1ncnc(NCC(C)(C)C(N)=O)c1[N+](=O)[O-]. The lowest BCUT2D eigenvalue weighted by Gasteiger charge is -2.21. The van der Waals surface area contributed by atoms with Crippen LogP contribution in [0.5, 0.6) is 0 Å². The zero-order valence-corrected chi connectivity index (χ0v) is 12.3. The summed E-state index contributed by atoms with van der Waals surface area (Å²) in [5, 5.41) is 16.9. The molecule has 1 heterocycles. The number of nitro groups is 1. The normalized spacial score (nSPS) is 11.0. The fourth-order valence-electron chi connectivity index (χ4n) is 1.45. The van der Waals surface area contributed by atoms with Gasteiger partial charge in [-0.05, 0) is 20.3 Å². The van der Waals surface area contributed by atoms with Gasteiger partial charge in [0.2, 0.25) is 17.5 Å². The van der Waals surface area contributed by atoms with E-state index in [9.17, 15) is 14.9 Å². The highest BCUT2D eigenvalue weighted by molar-refractivity contribution is 5.81. The van der Waals surface area contributed by atoms with Crippen molar-refractivity contribution in [1.82, 2.24) is 9.97 Å². The summed E-state index contributed by atoms with van der Waals surface area (Å²) in [5.41, 5.74) is 4.17. The van der Waals surface area contributed by atoms with Gasteiger partial charge in [-0.25, -0.2) is 9.97 Å². The third-order valence-electron chi connectivity index (χ3n) is 2.91. The molecule has 0 saturated heterocycles. The number of nitrogens with two attached hydrogens (primary N) is 1. The van der Waals surface area contributed by atoms with Gasteiger partial charge in [0.1, 0.15) is 6.33 Å². The second-order valence-electron chi connectivity index (χ2n) is 5.21. The Morgan fingerprint density at radius 3 is 2.43 bits per heavy atom. The van der Waals surface area contributed by atoms with Crippen molar-refractivity contribution in [2.24, 2.45) is 11.1 Å². The maximum atomic E-state index is 11.3. The summed E-state index contributed by atoms with van der Waals surface area (Å²) < 4.78 is 0. The van der Waals surface area contributed by atoms with Crippen molar-refractivity contribution in [1.29, 1.82) is 0 Å². The van der Waals surface area contributed by atoms with Crippen molar-refractivity contribution < 1.29 is 9.72 Å². The van der Waals surface area contributed by atoms with Crippen LogP contribution in [0.1, 0.15) is 27.2 Å². The van der Waals surface area contributed by atoms with Crippen LogP contribution in [0.25, 0.3) is 0 Å².